The number of aromatic amines is 1. The van der Waals surface area contributed by atoms with Crippen molar-refractivity contribution >= 4 is 39.9 Å². The highest BCUT2D eigenvalue weighted by Crippen LogP contribution is 2.24. The number of nitrogens with zero attached hydrogens (tertiary/aromatic N) is 1. The van der Waals surface area contributed by atoms with Crippen molar-refractivity contribution < 1.29 is 14.7 Å². The number of anilines is 1. The van der Waals surface area contributed by atoms with E-state index in [1.54, 1.807) is 18.2 Å². The number of aliphatic hydroxyl groups excluding tert-OH is 1. The number of nitrogens with one attached hydrogen (secondary N) is 2. The fourth-order valence-corrected chi connectivity index (χ4v) is 2.59. The summed E-state index contributed by atoms with van der Waals surface area (Å²) in [5.41, 5.74) is 0.252. The van der Waals surface area contributed by atoms with Gasteiger partial charge < -0.3 is 15.4 Å². The minimum Gasteiger partial charge on any atom is -0.395 e. The Morgan fingerprint density at radius 1 is 1.22 bits per heavy atom. The fraction of sp³-hybridized carbons (Fsp3) is 0.133. The summed E-state index contributed by atoms with van der Waals surface area (Å²) in [6, 6.07) is 4.86. The third-order valence-electron chi connectivity index (χ3n) is 3.46. The molecule has 118 valence electrons. The van der Waals surface area contributed by atoms with Crippen LogP contribution in [0.25, 0.3) is 10.8 Å². The van der Waals surface area contributed by atoms with Crippen LogP contribution in [0.4, 0.5) is 5.69 Å². The minimum absolute atomic E-state index is 0.0632. The zero-order chi connectivity index (χ0) is 16.6. The number of halogens is 1. The van der Waals surface area contributed by atoms with Gasteiger partial charge in [-0.15, -0.1) is 0 Å². The number of amides is 2. The molecule has 3 rings (SSSR count). The van der Waals surface area contributed by atoms with Gasteiger partial charge in [-0.2, -0.15) is 0 Å². The van der Waals surface area contributed by atoms with E-state index in [0.717, 1.165) is 11.0 Å². The average molecular weight is 334 g/mol. The van der Waals surface area contributed by atoms with Crippen molar-refractivity contribution in [2.24, 2.45) is 0 Å². The second-order valence-electron chi connectivity index (χ2n) is 4.93. The molecule has 0 radical (unpaired) electrons. The van der Waals surface area contributed by atoms with Crippen LogP contribution >= 0.6 is 11.6 Å². The first kappa shape index (κ1) is 15.3. The van der Waals surface area contributed by atoms with Gasteiger partial charge in [0.25, 0.3) is 17.4 Å². The number of carbonyl (C=O) groups is 2. The molecule has 7 nitrogen and oxygen atoms in total. The van der Waals surface area contributed by atoms with Crippen LogP contribution in [0.2, 0.25) is 5.02 Å². The quantitative estimate of drug-likeness (QED) is 0.719. The van der Waals surface area contributed by atoms with Crippen molar-refractivity contribution in [3.05, 3.63) is 51.5 Å². The number of imide groups is 1. The summed E-state index contributed by atoms with van der Waals surface area (Å²) in [7, 11) is 0. The van der Waals surface area contributed by atoms with Gasteiger partial charge in [-0.1, -0.05) is 17.7 Å². The molecule has 1 aliphatic rings. The maximum atomic E-state index is 12.1. The number of carbonyl (C=O) groups excluding carboxylic acids is 2. The van der Waals surface area contributed by atoms with Gasteiger partial charge in [0.05, 0.1) is 23.6 Å². The predicted molar refractivity (Wildman–Crippen MR) is 85.1 cm³/mol. The summed E-state index contributed by atoms with van der Waals surface area (Å²) in [4.78, 5) is 39.1. The van der Waals surface area contributed by atoms with Gasteiger partial charge in [-0.05, 0) is 12.1 Å². The van der Waals surface area contributed by atoms with Gasteiger partial charge in [0.1, 0.15) is 5.70 Å². The first-order chi connectivity index (χ1) is 11.0. The van der Waals surface area contributed by atoms with Crippen molar-refractivity contribution in [3.63, 3.8) is 0 Å². The molecule has 1 aromatic carbocycles. The second-order valence-corrected chi connectivity index (χ2v) is 5.33. The largest absolute Gasteiger partial charge is 0.395 e. The molecule has 1 aromatic heterocycles. The smallest absolute Gasteiger partial charge is 0.277 e. The number of hydrogen-bond donors (Lipinski definition) is 3. The summed E-state index contributed by atoms with van der Waals surface area (Å²) < 4.78 is 0. The van der Waals surface area contributed by atoms with Gasteiger partial charge in [0.15, 0.2) is 0 Å². The second kappa shape index (κ2) is 5.86. The summed E-state index contributed by atoms with van der Waals surface area (Å²) in [6.07, 6.45) is 2.57. The Bertz CT molecular complexity index is 903. The summed E-state index contributed by atoms with van der Waals surface area (Å²) in [5, 5.41) is 13.1. The van der Waals surface area contributed by atoms with E-state index in [-0.39, 0.29) is 24.4 Å². The van der Waals surface area contributed by atoms with Gasteiger partial charge in [-0.3, -0.25) is 19.3 Å². The molecule has 0 aliphatic carbocycles. The third kappa shape index (κ3) is 2.71. The van der Waals surface area contributed by atoms with E-state index in [0.29, 0.717) is 21.5 Å². The predicted octanol–water partition coefficient (Wildman–Crippen LogP) is 0.838. The normalized spacial score (nSPS) is 14.5. The molecule has 0 atom stereocenters. The van der Waals surface area contributed by atoms with Crippen LogP contribution in [0.15, 0.2) is 41.0 Å². The SMILES string of the molecule is O=C1C=C(Nc2ccc3c(Cl)c[nH]c(=O)c3c2)C(=O)N1CCO. The zero-order valence-electron chi connectivity index (χ0n) is 11.8. The molecule has 2 heterocycles. The number of H-pyrrole nitrogens is 1. The molecular weight excluding hydrogens is 322 g/mol. The van der Waals surface area contributed by atoms with Crippen molar-refractivity contribution in [2.45, 2.75) is 0 Å². The van der Waals surface area contributed by atoms with Crippen molar-refractivity contribution in [1.82, 2.24) is 9.88 Å². The zero-order valence-corrected chi connectivity index (χ0v) is 12.6. The third-order valence-corrected chi connectivity index (χ3v) is 3.78. The Hall–Kier alpha value is -2.64. The van der Waals surface area contributed by atoms with E-state index in [9.17, 15) is 14.4 Å². The number of β-amino-alcohol motifs (C(OH)–C–C–N with tert-alkyl or cyclic N) is 1. The van der Waals surface area contributed by atoms with Crippen LogP contribution < -0.4 is 10.9 Å². The van der Waals surface area contributed by atoms with E-state index in [1.165, 1.54) is 6.20 Å². The van der Waals surface area contributed by atoms with Gasteiger partial charge in [-0.25, -0.2) is 0 Å². The Morgan fingerprint density at radius 2 is 2.00 bits per heavy atom. The van der Waals surface area contributed by atoms with Crippen LogP contribution in [-0.2, 0) is 9.59 Å². The molecule has 0 saturated heterocycles. The minimum atomic E-state index is -0.524. The lowest BCUT2D eigenvalue weighted by Gasteiger charge is -2.13. The Balaban J connectivity index is 1.92. The maximum absolute atomic E-state index is 12.1. The van der Waals surface area contributed by atoms with Crippen LogP contribution in [-0.4, -0.2) is 40.0 Å². The topological polar surface area (TPSA) is 102 Å². The van der Waals surface area contributed by atoms with E-state index >= 15 is 0 Å². The van der Waals surface area contributed by atoms with Crippen LogP contribution in [0.3, 0.4) is 0 Å². The molecule has 0 fully saturated rings. The number of pyridine rings is 1. The Morgan fingerprint density at radius 3 is 2.74 bits per heavy atom. The lowest BCUT2D eigenvalue weighted by molar-refractivity contribution is -0.137. The Kier molecular flexibility index (Phi) is 3.89. The molecule has 23 heavy (non-hydrogen) atoms. The van der Waals surface area contributed by atoms with Crippen LogP contribution in [0, 0.1) is 0 Å². The van der Waals surface area contributed by atoms with Gasteiger partial charge in [0, 0.05) is 23.3 Å². The van der Waals surface area contributed by atoms with Crippen LogP contribution in [0.1, 0.15) is 0 Å². The fourth-order valence-electron chi connectivity index (χ4n) is 2.37. The molecule has 0 bridgehead atoms. The van der Waals surface area contributed by atoms with E-state index in [2.05, 4.69) is 10.3 Å². The van der Waals surface area contributed by atoms with E-state index in [4.69, 9.17) is 16.7 Å². The number of fused-ring (bicyclic) bond motifs is 1. The highest BCUT2D eigenvalue weighted by atomic mass is 35.5. The number of rotatable bonds is 4. The molecule has 2 aromatic rings. The monoisotopic (exact) mass is 333 g/mol. The first-order valence-electron chi connectivity index (χ1n) is 6.77. The maximum Gasteiger partial charge on any atom is 0.277 e. The molecule has 0 unspecified atom stereocenters. The van der Waals surface area contributed by atoms with Crippen LogP contribution in [0.5, 0.6) is 0 Å². The molecule has 3 N–H and O–H groups in total. The molecule has 0 spiro atoms. The molecule has 2 amide bonds. The van der Waals surface area contributed by atoms with E-state index < -0.39 is 11.8 Å². The first-order valence-corrected chi connectivity index (χ1v) is 7.15. The van der Waals surface area contributed by atoms with Crippen molar-refractivity contribution in [2.75, 3.05) is 18.5 Å². The average Bonchev–Trinajstić information content (AvgIpc) is 2.79. The van der Waals surface area contributed by atoms with Gasteiger partial charge in [0.2, 0.25) is 0 Å². The molecule has 0 saturated carbocycles. The molecule has 8 heteroatoms. The summed E-state index contributed by atoms with van der Waals surface area (Å²) in [5.74, 6) is -1.02. The van der Waals surface area contributed by atoms with Crippen molar-refractivity contribution in [3.8, 4) is 0 Å². The number of benzene rings is 1. The highest BCUT2D eigenvalue weighted by molar-refractivity contribution is 6.35. The van der Waals surface area contributed by atoms with E-state index in [1.807, 2.05) is 0 Å². The Labute approximate surface area is 135 Å². The number of hydrogen-bond acceptors (Lipinski definition) is 5. The summed E-state index contributed by atoms with van der Waals surface area (Å²) in [6.45, 7) is -0.366. The van der Waals surface area contributed by atoms with Gasteiger partial charge >= 0.3 is 0 Å². The highest BCUT2D eigenvalue weighted by Gasteiger charge is 2.30. The lowest BCUT2D eigenvalue weighted by Crippen LogP contribution is -2.34. The van der Waals surface area contributed by atoms with Crippen molar-refractivity contribution in [1.29, 1.82) is 0 Å². The molecular formula is C15H12ClN3O4. The summed E-state index contributed by atoms with van der Waals surface area (Å²) >= 11 is 6.02. The lowest BCUT2D eigenvalue weighted by atomic mass is 10.1. The number of aromatic nitrogens is 1. The molecule has 1 aliphatic heterocycles. The standard InChI is InChI=1S/C15H12ClN3O4/c16-11-7-17-14(22)10-5-8(1-2-9(10)11)18-12-6-13(21)19(3-4-20)15(12)23/h1-2,5-7,18,20H,3-4H2,(H,17,22). The number of aliphatic hydroxyl groups is 1.